The van der Waals surface area contributed by atoms with E-state index in [0.29, 0.717) is 34.5 Å². The van der Waals surface area contributed by atoms with Crippen molar-refractivity contribution in [2.75, 3.05) is 27.2 Å². The SMILES string of the molecule is CC1/C=C(/C(=O)C/C(C#N)=C/N(C)C)NCC/C=C(Br)\C(OCC(F)F)=C/1. The van der Waals surface area contributed by atoms with Crippen LogP contribution in [0.15, 0.2) is 45.9 Å². The molecule has 1 N–H and O–H groups in total. The Balaban J connectivity index is 3.03. The minimum absolute atomic E-state index is 0.0157. The molecule has 5 nitrogen and oxygen atoms in total. The molecule has 0 amide bonds. The van der Waals surface area contributed by atoms with Gasteiger partial charge in [0.15, 0.2) is 5.78 Å². The summed E-state index contributed by atoms with van der Waals surface area (Å²) in [6.07, 6.45) is 4.77. The molecular weight excluding hydrogens is 420 g/mol. The third-order valence-electron chi connectivity index (χ3n) is 3.44. The van der Waals surface area contributed by atoms with E-state index in [2.05, 4.69) is 21.2 Å². The second-order valence-corrected chi connectivity index (χ2v) is 7.12. The molecule has 0 aliphatic carbocycles. The first-order valence-electron chi connectivity index (χ1n) is 8.47. The van der Waals surface area contributed by atoms with Gasteiger partial charge in [-0.25, -0.2) is 8.78 Å². The lowest BCUT2D eigenvalue weighted by molar-refractivity contribution is -0.115. The van der Waals surface area contributed by atoms with Crippen molar-refractivity contribution in [1.82, 2.24) is 10.2 Å². The van der Waals surface area contributed by atoms with Gasteiger partial charge in [-0.05, 0) is 34.3 Å². The summed E-state index contributed by atoms with van der Waals surface area (Å²) < 4.78 is 30.7. The van der Waals surface area contributed by atoms with Gasteiger partial charge in [-0.15, -0.1) is 0 Å². The summed E-state index contributed by atoms with van der Waals surface area (Å²) in [6, 6.07) is 2.03. The Morgan fingerprint density at radius 2 is 2.22 bits per heavy atom. The second kappa shape index (κ2) is 11.5. The molecule has 1 heterocycles. The average molecular weight is 444 g/mol. The number of hydrogen-bond acceptors (Lipinski definition) is 5. The fraction of sp³-hybridized carbons (Fsp3) is 0.474. The Bertz CT molecular complexity index is 692. The number of nitrogens with one attached hydrogen (secondary N) is 1. The van der Waals surface area contributed by atoms with Crippen molar-refractivity contribution in [3.63, 3.8) is 0 Å². The third-order valence-corrected chi connectivity index (χ3v) is 4.15. The molecule has 0 aromatic carbocycles. The Kier molecular flexibility index (Phi) is 9.79. The Morgan fingerprint density at radius 3 is 2.81 bits per heavy atom. The van der Waals surface area contributed by atoms with Crippen LogP contribution in [0.2, 0.25) is 0 Å². The first kappa shape index (κ1) is 22.9. The normalized spacial score (nSPS) is 24.3. The van der Waals surface area contributed by atoms with E-state index in [9.17, 15) is 18.8 Å². The lowest BCUT2D eigenvalue weighted by atomic mass is 10.0. The van der Waals surface area contributed by atoms with Gasteiger partial charge in [0.1, 0.15) is 12.4 Å². The summed E-state index contributed by atoms with van der Waals surface area (Å²) >= 11 is 3.35. The van der Waals surface area contributed by atoms with Gasteiger partial charge in [0.25, 0.3) is 6.43 Å². The molecule has 0 bridgehead atoms. The second-order valence-electron chi connectivity index (χ2n) is 6.27. The molecule has 0 spiro atoms. The number of nitriles is 1. The zero-order valence-electron chi connectivity index (χ0n) is 15.6. The van der Waals surface area contributed by atoms with Crippen LogP contribution in [0.3, 0.4) is 0 Å². The quantitative estimate of drug-likeness (QED) is 0.604. The molecule has 1 unspecified atom stereocenters. The summed E-state index contributed by atoms with van der Waals surface area (Å²) in [5.74, 6) is -0.131. The molecule has 27 heavy (non-hydrogen) atoms. The van der Waals surface area contributed by atoms with Crippen molar-refractivity contribution in [2.24, 2.45) is 5.92 Å². The number of ether oxygens (including phenoxy) is 1. The van der Waals surface area contributed by atoms with E-state index in [0.717, 1.165) is 0 Å². The molecule has 1 rings (SSSR count). The summed E-state index contributed by atoms with van der Waals surface area (Å²) in [4.78, 5) is 14.3. The van der Waals surface area contributed by atoms with Crippen LogP contribution in [0.4, 0.5) is 8.78 Å². The van der Waals surface area contributed by atoms with Gasteiger partial charge in [0.05, 0.1) is 21.8 Å². The van der Waals surface area contributed by atoms with Crippen molar-refractivity contribution in [2.45, 2.75) is 26.2 Å². The van der Waals surface area contributed by atoms with E-state index in [1.165, 1.54) is 0 Å². The number of allylic oxidation sites excluding steroid dienone is 5. The van der Waals surface area contributed by atoms with Crippen molar-refractivity contribution < 1.29 is 18.3 Å². The van der Waals surface area contributed by atoms with E-state index < -0.39 is 13.0 Å². The number of Topliss-reactive ketones (excluding diaryl/α,β-unsaturated/α-hetero) is 1. The molecular formula is C19H24BrF2N3O2. The molecule has 0 saturated carbocycles. The fourth-order valence-corrected chi connectivity index (χ4v) is 2.83. The van der Waals surface area contributed by atoms with Crippen LogP contribution in [-0.2, 0) is 9.53 Å². The van der Waals surface area contributed by atoms with Crippen molar-refractivity contribution in [1.29, 1.82) is 5.26 Å². The van der Waals surface area contributed by atoms with E-state index in [4.69, 9.17) is 4.74 Å². The first-order chi connectivity index (χ1) is 12.7. The van der Waals surface area contributed by atoms with Gasteiger partial charge in [0, 0.05) is 33.3 Å². The maximum absolute atomic E-state index is 12.6. The maximum atomic E-state index is 12.6. The summed E-state index contributed by atoms with van der Waals surface area (Å²) in [6.45, 7) is 1.61. The Morgan fingerprint density at radius 1 is 1.52 bits per heavy atom. The molecule has 0 aromatic rings. The predicted molar refractivity (Wildman–Crippen MR) is 104 cm³/mol. The number of ketones is 1. The lowest BCUT2D eigenvalue weighted by Gasteiger charge is -2.16. The number of hydrogen-bond donors (Lipinski definition) is 1. The highest BCUT2D eigenvalue weighted by Crippen LogP contribution is 2.23. The molecule has 1 atom stereocenters. The first-order valence-corrected chi connectivity index (χ1v) is 9.27. The third kappa shape index (κ3) is 8.87. The minimum atomic E-state index is -2.57. The predicted octanol–water partition coefficient (Wildman–Crippen LogP) is 3.87. The Hall–Kier alpha value is -2.14. The minimum Gasteiger partial charge on any atom is -0.487 e. The number of rotatable bonds is 7. The highest BCUT2D eigenvalue weighted by Gasteiger charge is 2.16. The van der Waals surface area contributed by atoms with E-state index in [1.807, 2.05) is 13.0 Å². The molecule has 0 saturated heterocycles. The zero-order valence-corrected chi connectivity index (χ0v) is 17.2. The van der Waals surface area contributed by atoms with Gasteiger partial charge >= 0.3 is 0 Å². The highest BCUT2D eigenvalue weighted by atomic mass is 79.9. The smallest absolute Gasteiger partial charge is 0.272 e. The van der Waals surface area contributed by atoms with E-state index in [-0.39, 0.29) is 18.1 Å². The standard InChI is InChI=1S/C19H24BrF2N3O2/c1-13-7-16(17(26)9-14(10-23)11-25(2)3)24-6-4-5-15(20)18(8-13)27-12-19(21)22/h5,7-8,11,13,19,24H,4,6,9,12H2,1-3H3/b14-11-,15-5+,16-7-,18-8+. The van der Waals surface area contributed by atoms with Crippen molar-refractivity contribution >= 4 is 21.7 Å². The summed E-state index contributed by atoms with van der Waals surface area (Å²) in [5, 5.41) is 12.3. The number of halogens is 3. The number of alkyl halides is 2. The summed E-state index contributed by atoms with van der Waals surface area (Å²) in [5.41, 5.74) is 0.759. The molecule has 1 aliphatic rings. The van der Waals surface area contributed by atoms with Crippen molar-refractivity contribution in [3.05, 3.63) is 45.9 Å². The van der Waals surface area contributed by atoms with Gasteiger partial charge in [0.2, 0.25) is 0 Å². The number of nitrogens with zero attached hydrogens (tertiary/aromatic N) is 2. The van der Waals surface area contributed by atoms with Gasteiger partial charge in [-0.1, -0.05) is 19.1 Å². The van der Waals surface area contributed by atoms with Crippen molar-refractivity contribution in [3.8, 4) is 6.07 Å². The maximum Gasteiger partial charge on any atom is 0.272 e. The van der Waals surface area contributed by atoms with Crippen LogP contribution < -0.4 is 5.32 Å². The number of carbonyl (C=O) groups is 1. The Labute approximate surface area is 167 Å². The fourth-order valence-electron chi connectivity index (χ4n) is 2.35. The largest absolute Gasteiger partial charge is 0.487 e. The molecule has 1 aliphatic heterocycles. The van der Waals surface area contributed by atoms with Crippen LogP contribution in [-0.4, -0.2) is 44.4 Å². The number of carbonyl (C=O) groups excluding carboxylic acids is 1. The average Bonchev–Trinajstić information content (AvgIpc) is 2.59. The van der Waals surface area contributed by atoms with Crippen LogP contribution >= 0.6 is 15.9 Å². The molecule has 0 fully saturated rings. The lowest BCUT2D eigenvalue weighted by Crippen LogP contribution is -2.23. The molecule has 0 radical (unpaired) electrons. The van der Waals surface area contributed by atoms with Crippen LogP contribution in [0.1, 0.15) is 19.8 Å². The van der Waals surface area contributed by atoms with Gasteiger partial charge in [-0.2, -0.15) is 5.26 Å². The van der Waals surface area contributed by atoms with Crippen LogP contribution in [0, 0.1) is 17.2 Å². The van der Waals surface area contributed by atoms with Crippen LogP contribution in [0.5, 0.6) is 0 Å². The zero-order chi connectivity index (χ0) is 20.4. The molecule has 148 valence electrons. The van der Waals surface area contributed by atoms with Gasteiger partial charge < -0.3 is 15.0 Å². The monoisotopic (exact) mass is 443 g/mol. The van der Waals surface area contributed by atoms with Crippen LogP contribution in [0.25, 0.3) is 0 Å². The van der Waals surface area contributed by atoms with Gasteiger partial charge in [-0.3, -0.25) is 4.79 Å². The van der Waals surface area contributed by atoms with E-state index >= 15 is 0 Å². The topological polar surface area (TPSA) is 65.4 Å². The summed E-state index contributed by atoms with van der Waals surface area (Å²) in [7, 11) is 3.56. The molecule has 8 heteroatoms. The van der Waals surface area contributed by atoms with E-state index in [1.54, 1.807) is 43.4 Å². The molecule has 0 aromatic heterocycles. The highest BCUT2D eigenvalue weighted by molar-refractivity contribution is 9.11.